The summed E-state index contributed by atoms with van der Waals surface area (Å²) < 4.78 is 0. The average Bonchev–Trinajstić information content (AvgIpc) is 3.29. The number of rotatable bonds is 3. The molecule has 3 aromatic carbocycles. The van der Waals surface area contributed by atoms with Gasteiger partial charge in [-0.15, -0.1) is 0 Å². The van der Waals surface area contributed by atoms with Gasteiger partial charge in [0, 0.05) is 33.5 Å². The van der Waals surface area contributed by atoms with Gasteiger partial charge in [0.2, 0.25) is 11.8 Å². The molecule has 0 radical (unpaired) electrons. The van der Waals surface area contributed by atoms with E-state index in [9.17, 15) is 24.3 Å². The summed E-state index contributed by atoms with van der Waals surface area (Å²) in [5.74, 6) is -4.34. The van der Waals surface area contributed by atoms with E-state index in [4.69, 9.17) is 11.6 Å². The van der Waals surface area contributed by atoms with Gasteiger partial charge in [-0.3, -0.25) is 24.1 Å². The lowest BCUT2D eigenvalue weighted by molar-refractivity contribution is -0.145. The molecule has 2 amide bonds. The van der Waals surface area contributed by atoms with Crippen LogP contribution >= 0.6 is 11.6 Å². The molecule has 6 unspecified atom stereocenters. The summed E-state index contributed by atoms with van der Waals surface area (Å²) in [5.41, 5.74) is 0.732. The molecule has 4 aliphatic rings. The van der Waals surface area contributed by atoms with E-state index in [0.717, 1.165) is 5.57 Å². The van der Waals surface area contributed by atoms with Crippen molar-refractivity contribution in [3.8, 4) is 5.75 Å². The van der Waals surface area contributed by atoms with Crippen LogP contribution in [0.25, 0.3) is 5.57 Å². The monoisotopic (exact) mass is 619 g/mol. The van der Waals surface area contributed by atoms with Crippen molar-refractivity contribution in [3.05, 3.63) is 118 Å². The van der Waals surface area contributed by atoms with Crippen LogP contribution in [-0.4, -0.2) is 38.9 Å². The highest BCUT2D eigenvalue weighted by Gasteiger charge is 2.66. The minimum Gasteiger partial charge on any atom is -0.508 e. The number of ketones is 2. The second kappa shape index (κ2) is 10.4. The fourth-order valence-electron chi connectivity index (χ4n) is 8.64. The number of amides is 2. The number of carbonyl (C=O) groups is 4. The number of phenolic OH excluding ortho intramolecular Hbond substituents is 1. The van der Waals surface area contributed by atoms with Crippen molar-refractivity contribution in [2.45, 2.75) is 50.5 Å². The summed E-state index contributed by atoms with van der Waals surface area (Å²) in [6.45, 7) is 5.55. The zero-order chi connectivity index (χ0) is 31.8. The molecule has 6 atom stereocenters. The SMILES string of the molecule is CC(C)(C)N1C(=O)C2CC=C3C(CC4C(=O)C(c5ccccc5)=CC(=O)C4(c4ccccc4)C3c3cc(Cl)ccc3O)C2C1=O. The molecule has 45 heavy (non-hydrogen) atoms. The van der Waals surface area contributed by atoms with Crippen molar-refractivity contribution in [3.63, 3.8) is 0 Å². The number of allylic oxidation sites excluding steroid dienone is 4. The van der Waals surface area contributed by atoms with Gasteiger partial charge in [-0.2, -0.15) is 0 Å². The normalized spacial score (nSPS) is 29.5. The summed E-state index contributed by atoms with van der Waals surface area (Å²) in [5, 5.41) is 11.8. The second-order valence-corrected chi connectivity index (χ2v) is 14.1. The molecule has 6 nitrogen and oxygen atoms in total. The van der Waals surface area contributed by atoms with E-state index in [1.165, 1.54) is 17.0 Å². The number of fused-ring (bicyclic) bond motifs is 4. The maximum atomic E-state index is 15.0. The lowest BCUT2D eigenvalue weighted by Crippen LogP contribution is -2.59. The second-order valence-electron chi connectivity index (χ2n) is 13.7. The number of likely N-dealkylation sites (tertiary alicyclic amines) is 1. The van der Waals surface area contributed by atoms with Crippen LogP contribution in [0, 0.1) is 23.7 Å². The summed E-state index contributed by atoms with van der Waals surface area (Å²) in [6, 6.07) is 23.2. The first-order valence-corrected chi connectivity index (χ1v) is 15.8. The minimum atomic E-state index is -1.41. The highest BCUT2D eigenvalue weighted by molar-refractivity contribution is 6.32. The average molecular weight is 620 g/mol. The number of carbonyl (C=O) groups excluding carboxylic acids is 4. The fraction of sp³-hybridized carbons (Fsp3) is 0.316. The van der Waals surface area contributed by atoms with E-state index < -0.39 is 40.5 Å². The van der Waals surface area contributed by atoms with Gasteiger partial charge >= 0.3 is 0 Å². The molecule has 0 spiro atoms. The van der Waals surface area contributed by atoms with E-state index in [2.05, 4.69) is 0 Å². The number of Topliss-reactive ketones (excluding diaryl/α,β-unsaturated/α-hetero) is 1. The van der Waals surface area contributed by atoms with Crippen LogP contribution in [0.15, 0.2) is 96.6 Å². The first-order valence-electron chi connectivity index (χ1n) is 15.4. The Morgan fingerprint density at radius 2 is 1.53 bits per heavy atom. The molecule has 1 heterocycles. The standard InChI is InChI=1S/C38H34ClNO5/c1-37(2,3)40-35(44)25-16-15-24-27(32(25)36(40)45)19-29-34(43)26(21-10-6-4-7-11-21)20-31(42)38(29,22-12-8-5-9-13-22)33(24)28-18-23(39)14-17-30(28)41/h4-15,17-18,20,25,27,29,32-33,41H,16,19H2,1-3H3. The molecule has 2 fully saturated rings. The number of benzene rings is 3. The van der Waals surface area contributed by atoms with Gasteiger partial charge < -0.3 is 5.11 Å². The molecule has 0 bridgehead atoms. The number of halogens is 1. The third-order valence-corrected chi connectivity index (χ3v) is 10.6. The maximum absolute atomic E-state index is 15.0. The molecule has 7 heteroatoms. The third kappa shape index (κ3) is 4.22. The van der Waals surface area contributed by atoms with Crippen LogP contribution in [0.5, 0.6) is 5.75 Å². The van der Waals surface area contributed by atoms with Gasteiger partial charge in [0.05, 0.1) is 17.3 Å². The van der Waals surface area contributed by atoms with Crippen molar-refractivity contribution in [1.82, 2.24) is 4.90 Å². The molecular weight excluding hydrogens is 586 g/mol. The van der Waals surface area contributed by atoms with Crippen LogP contribution in [0.2, 0.25) is 5.02 Å². The predicted molar refractivity (Wildman–Crippen MR) is 171 cm³/mol. The molecule has 1 N–H and O–H groups in total. The molecule has 7 rings (SSSR count). The maximum Gasteiger partial charge on any atom is 0.234 e. The smallest absolute Gasteiger partial charge is 0.234 e. The Morgan fingerprint density at radius 3 is 2.20 bits per heavy atom. The number of phenols is 1. The van der Waals surface area contributed by atoms with Crippen LogP contribution in [0.3, 0.4) is 0 Å². The Bertz CT molecular complexity index is 1820. The zero-order valence-corrected chi connectivity index (χ0v) is 26.1. The lowest BCUT2D eigenvalue weighted by Gasteiger charge is -2.55. The quantitative estimate of drug-likeness (QED) is 0.261. The van der Waals surface area contributed by atoms with Gasteiger partial charge in [-0.05, 0) is 74.9 Å². The van der Waals surface area contributed by atoms with Crippen molar-refractivity contribution < 1.29 is 24.3 Å². The molecule has 3 aliphatic carbocycles. The Morgan fingerprint density at radius 1 is 0.867 bits per heavy atom. The predicted octanol–water partition coefficient (Wildman–Crippen LogP) is 6.67. The van der Waals surface area contributed by atoms with Crippen LogP contribution in [0.4, 0.5) is 0 Å². The van der Waals surface area contributed by atoms with Crippen molar-refractivity contribution >= 4 is 40.6 Å². The van der Waals surface area contributed by atoms with E-state index in [-0.39, 0.29) is 35.6 Å². The van der Waals surface area contributed by atoms with E-state index in [1.54, 1.807) is 12.1 Å². The van der Waals surface area contributed by atoms with Gasteiger partial charge in [-0.25, -0.2) is 0 Å². The number of aromatic hydroxyl groups is 1. The number of nitrogens with zero attached hydrogens (tertiary/aromatic N) is 1. The first kappa shape index (κ1) is 29.4. The highest BCUT2D eigenvalue weighted by atomic mass is 35.5. The van der Waals surface area contributed by atoms with E-state index in [0.29, 0.717) is 33.7 Å². The topological polar surface area (TPSA) is 91.8 Å². The van der Waals surface area contributed by atoms with Crippen LogP contribution in [-0.2, 0) is 24.6 Å². The van der Waals surface area contributed by atoms with Crippen molar-refractivity contribution in [2.75, 3.05) is 0 Å². The molecule has 1 saturated heterocycles. The molecule has 3 aromatic rings. The van der Waals surface area contributed by atoms with Gasteiger partial charge in [-0.1, -0.05) is 83.9 Å². The lowest BCUT2D eigenvalue weighted by atomic mass is 9.44. The molecule has 228 valence electrons. The molecule has 1 saturated carbocycles. The minimum absolute atomic E-state index is 0.0506. The summed E-state index contributed by atoms with van der Waals surface area (Å²) in [4.78, 5) is 59.1. The number of hydrogen-bond donors (Lipinski definition) is 1. The van der Waals surface area contributed by atoms with Crippen molar-refractivity contribution in [1.29, 1.82) is 0 Å². The first-order chi connectivity index (χ1) is 21.5. The summed E-state index contributed by atoms with van der Waals surface area (Å²) >= 11 is 6.55. The largest absolute Gasteiger partial charge is 0.508 e. The summed E-state index contributed by atoms with van der Waals surface area (Å²) in [6.07, 6.45) is 4.00. The van der Waals surface area contributed by atoms with E-state index >= 15 is 0 Å². The Hall–Kier alpha value is -4.29. The molecule has 1 aliphatic heterocycles. The van der Waals surface area contributed by atoms with Gasteiger partial charge in [0.25, 0.3) is 0 Å². The summed E-state index contributed by atoms with van der Waals surface area (Å²) in [7, 11) is 0. The number of imide groups is 1. The van der Waals surface area contributed by atoms with Crippen LogP contribution < -0.4 is 0 Å². The Kier molecular flexibility index (Phi) is 6.79. The Balaban J connectivity index is 1.52. The molecular formula is C38H34ClNO5. The van der Waals surface area contributed by atoms with Crippen LogP contribution in [0.1, 0.15) is 56.2 Å². The number of hydrogen-bond acceptors (Lipinski definition) is 5. The van der Waals surface area contributed by atoms with Crippen molar-refractivity contribution in [2.24, 2.45) is 23.7 Å². The van der Waals surface area contributed by atoms with Gasteiger partial charge in [0.1, 0.15) is 5.75 Å². The van der Waals surface area contributed by atoms with E-state index in [1.807, 2.05) is 87.5 Å². The fourth-order valence-corrected chi connectivity index (χ4v) is 8.82. The highest BCUT2D eigenvalue weighted by Crippen LogP contribution is 2.64. The zero-order valence-electron chi connectivity index (χ0n) is 25.4. The third-order valence-electron chi connectivity index (χ3n) is 10.3. The molecule has 0 aromatic heterocycles. The van der Waals surface area contributed by atoms with Gasteiger partial charge in [0.15, 0.2) is 11.6 Å². The Labute approximate surface area is 267 Å².